The van der Waals surface area contributed by atoms with E-state index in [4.69, 9.17) is 9.84 Å². The Bertz CT molecular complexity index is 294. The van der Waals surface area contributed by atoms with E-state index in [-0.39, 0.29) is 72.0 Å². The van der Waals surface area contributed by atoms with Gasteiger partial charge in [-0.1, -0.05) is 51.9 Å². The SMILES string of the molecule is CCCCCCCCCCC=COC(=O)CCC(=O)O.[NaH].[NaH]. The van der Waals surface area contributed by atoms with Crippen LogP contribution in [0.15, 0.2) is 12.3 Å². The molecule has 0 saturated heterocycles. The molecule has 0 aliphatic heterocycles. The third-order valence-corrected chi connectivity index (χ3v) is 3.06. The van der Waals surface area contributed by atoms with Crippen LogP contribution in [0, 0.1) is 0 Å². The first-order chi connectivity index (χ1) is 9.66. The van der Waals surface area contributed by atoms with Crippen LogP contribution >= 0.6 is 0 Å². The monoisotopic (exact) mass is 332 g/mol. The van der Waals surface area contributed by atoms with E-state index in [9.17, 15) is 9.59 Å². The molecule has 0 radical (unpaired) electrons. The molecule has 0 amide bonds. The van der Waals surface area contributed by atoms with E-state index in [1.165, 1.54) is 51.2 Å². The number of rotatable bonds is 13. The summed E-state index contributed by atoms with van der Waals surface area (Å²) in [7, 11) is 0. The van der Waals surface area contributed by atoms with E-state index < -0.39 is 11.9 Å². The van der Waals surface area contributed by atoms with Crippen molar-refractivity contribution in [3.63, 3.8) is 0 Å². The molecule has 0 aromatic rings. The number of ether oxygens (including phenoxy) is 1. The van der Waals surface area contributed by atoms with Gasteiger partial charge in [-0.15, -0.1) is 0 Å². The number of carboxylic acids is 1. The number of hydrogen-bond donors (Lipinski definition) is 1. The van der Waals surface area contributed by atoms with Crippen LogP contribution in [0.4, 0.5) is 0 Å². The minimum atomic E-state index is -0.982. The van der Waals surface area contributed by atoms with Crippen molar-refractivity contribution in [2.75, 3.05) is 0 Å². The third-order valence-electron chi connectivity index (χ3n) is 3.06. The van der Waals surface area contributed by atoms with Gasteiger partial charge in [0.15, 0.2) is 0 Å². The molecule has 0 aromatic carbocycles. The van der Waals surface area contributed by atoms with Crippen molar-refractivity contribution in [1.29, 1.82) is 0 Å². The molecule has 0 atom stereocenters. The Kier molecular flexibility index (Phi) is 27.1. The van der Waals surface area contributed by atoms with E-state index in [1.54, 1.807) is 0 Å². The molecule has 0 aliphatic rings. The van der Waals surface area contributed by atoms with Crippen LogP contribution in [-0.2, 0) is 14.3 Å². The molecule has 1 N–H and O–H groups in total. The number of aliphatic carboxylic acids is 1. The second-order valence-corrected chi connectivity index (χ2v) is 5.02. The molecule has 0 rings (SSSR count). The standard InChI is InChI=1S/C16H28O4.2Na.2H/c1-2-3-4-5-6-7-8-9-10-11-14-20-16(19)13-12-15(17)18;;;;/h11,14H,2-10,12-13H2,1H3,(H,17,18);;;;. The Hall–Kier alpha value is 0.680. The van der Waals surface area contributed by atoms with Gasteiger partial charge in [0, 0.05) is 0 Å². The molecular formula is C16H30Na2O4. The number of carboxylic acid groups (broad SMARTS) is 1. The Labute approximate surface area is 179 Å². The zero-order valence-electron chi connectivity index (χ0n) is 12.6. The van der Waals surface area contributed by atoms with Crippen LogP contribution in [-0.4, -0.2) is 76.2 Å². The van der Waals surface area contributed by atoms with Gasteiger partial charge in [-0.2, -0.15) is 0 Å². The fraction of sp³-hybridized carbons (Fsp3) is 0.750. The Morgan fingerprint density at radius 2 is 1.45 bits per heavy atom. The van der Waals surface area contributed by atoms with Crippen molar-refractivity contribution < 1.29 is 19.4 Å². The molecule has 0 bridgehead atoms. The van der Waals surface area contributed by atoms with Crippen LogP contribution in [0.3, 0.4) is 0 Å². The zero-order valence-corrected chi connectivity index (χ0v) is 12.6. The fourth-order valence-electron chi connectivity index (χ4n) is 1.86. The van der Waals surface area contributed by atoms with E-state index in [0.717, 1.165) is 12.8 Å². The first kappa shape index (κ1) is 27.5. The van der Waals surface area contributed by atoms with Gasteiger partial charge in [-0.05, 0) is 18.9 Å². The van der Waals surface area contributed by atoms with E-state index in [1.807, 2.05) is 6.08 Å². The summed E-state index contributed by atoms with van der Waals surface area (Å²) in [5.41, 5.74) is 0. The second kappa shape index (κ2) is 21.7. The van der Waals surface area contributed by atoms with Crippen molar-refractivity contribution >= 4 is 71.1 Å². The predicted octanol–water partition coefficient (Wildman–Crippen LogP) is 3.14. The molecule has 0 heterocycles. The first-order valence-electron chi connectivity index (χ1n) is 7.73. The van der Waals surface area contributed by atoms with Crippen LogP contribution in [0.5, 0.6) is 0 Å². The molecule has 6 heteroatoms. The number of carbonyl (C=O) groups excluding carboxylic acids is 1. The van der Waals surface area contributed by atoms with Crippen molar-refractivity contribution in [1.82, 2.24) is 0 Å². The zero-order chi connectivity index (χ0) is 15.1. The Morgan fingerprint density at radius 3 is 2.00 bits per heavy atom. The summed E-state index contributed by atoms with van der Waals surface area (Å²) >= 11 is 0. The maximum atomic E-state index is 11.1. The van der Waals surface area contributed by atoms with Gasteiger partial charge in [-0.3, -0.25) is 9.59 Å². The quantitative estimate of drug-likeness (QED) is 0.244. The maximum absolute atomic E-state index is 11.1. The van der Waals surface area contributed by atoms with Gasteiger partial charge in [0.05, 0.1) is 19.1 Å². The number of esters is 1. The Balaban J connectivity index is -0.00000180. The first-order valence-corrected chi connectivity index (χ1v) is 7.73. The molecular weight excluding hydrogens is 302 g/mol. The number of hydrogen-bond acceptors (Lipinski definition) is 3. The second-order valence-electron chi connectivity index (χ2n) is 5.02. The van der Waals surface area contributed by atoms with Crippen molar-refractivity contribution in [2.45, 2.75) is 77.6 Å². The summed E-state index contributed by atoms with van der Waals surface area (Å²) in [5, 5.41) is 8.40. The summed E-state index contributed by atoms with van der Waals surface area (Å²) in [6, 6.07) is 0. The molecule has 0 aliphatic carbocycles. The average molecular weight is 332 g/mol. The van der Waals surface area contributed by atoms with Crippen LogP contribution in [0.25, 0.3) is 0 Å². The molecule has 0 aromatic heterocycles. The number of carbonyl (C=O) groups is 2. The predicted molar refractivity (Wildman–Crippen MR) is 93.6 cm³/mol. The third kappa shape index (κ3) is 23.0. The van der Waals surface area contributed by atoms with Crippen LogP contribution < -0.4 is 0 Å². The number of allylic oxidation sites excluding steroid dienone is 1. The van der Waals surface area contributed by atoms with E-state index >= 15 is 0 Å². The molecule has 0 saturated carbocycles. The molecule has 0 unspecified atom stereocenters. The molecule has 0 spiro atoms. The van der Waals surface area contributed by atoms with Gasteiger partial charge in [-0.25, -0.2) is 0 Å². The summed E-state index contributed by atoms with van der Waals surface area (Å²) in [5.74, 6) is -1.47. The van der Waals surface area contributed by atoms with Gasteiger partial charge in [0.1, 0.15) is 0 Å². The fourth-order valence-corrected chi connectivity index (χ4v) is 1.86. The number of unbranched alkanes of at least 4 members (excludes halogenated alkanes) is 8. The van der Waals surface area contributed by atoms with E-state index in [0.29, 0.717) is 0 Å². The van der Waals surface area contributed by atoms with Crippen LogP contribution in [0.1, 0.15) is 77.6 Å². The summed E-state index contributed by atoms with van der Waals surface area (Å²) in [6.07, 6.45) is 14.1. The van der Waals surface area contributed by atoms with Gasteiger partial charge in [0.25, 0.3) is 0 Å². The minimum absolute atomic E-state index is 0. The van der Waals surface area contributed by atoms with Crippen LogP contribution in [0.2, 0.25) is 0 Å². The van der Waals surface area contributed by atoms with Gasteiger partial charge < -0.3 is 9.84 Å². The van der Waals surface area contributed by atoms with E-state index in [2.05, 4.69) is 6.92 Å². The summed E-state index contributed by atoms with van der Waals surface area (Å²) < 4.78 is 4.78. The summed E-state index contributed by atoms with van der Waals surface area (Å²) in [4.78, 5) is 21.3. The van der Waals surface area contributed by atoms with Crippen molar-refractivity contribution in [2.24, 2.45) is 0 Å². The summed E-state index contributed by atoms with van der Waals surface area (Å²) in [6.45, 7) is 2.22. The topological polar surface area (TPSA) is 63.6 Å². The normalized spacial score (nSPS) is 9.86. The van der Waals surface area contributed by atoms with Gasteiger partial charge >= 0.3 is 71.1 Å². The molecule has 4 nitrogen and oxygen atoms in total. The molecule has 22 heavy (non-hydrogen) atoms. The molecule has 120 valence electrons. The van der Waals surface area contributed by atoms with Gasteiger partial charge in [0.2, 0.25) is 0 Å². The Morgan fingerprint density at radius 1 is 0.909 bits per heavy atom. The van der Waals surface area contributed by atoms with Crippen molar-refractivity contribution in [3.8, 4) is 0 Å². The average Bonchev–Trinajstić information content (AvgIpc) is 2.42. The molecule has 0 fully saturated rings. The van der Waals surface area contributed by atoms with Crippen molar-refractivity contribution in [3.05, 3.63) is 12.3 Å².